The van der Waals surface area contributed by atoms with Crippen LogP contribution in [0, 0.1) is 5.41 Å². The van der Waals surface area contributed by atoms with E-state index >= 15 is 0 Å². The van der Waals surface area contributed by atoms with Gasteiger partial charge in [-0.15, -0.1) is 0 Å². The Morgan fingerprint density at radius 3 is 2.71 bits per heavy atom. The minimum atomic E-state index is 0.133. The molecule has 100 valence electrons. The molecule has 3 heteroatoms. The molecule has 1 aliphatic rings. The lowest BCUT2D eigenvalue weighted by atomic mass is 9.87. The quantitative estimate of drug-likeness (QED) is 0.749. The molecule has 1 fully saturated rings. The maximum Gasteiger partial charge on any atom is 0.234 e. The standard InChI is InChI=1S/C14H28N2O/c1-5-7-11(2)16-13(17)10-15-12-8-6-9-14(12,3)4/h11-12,15H,5-10H2,1-4H3,(H,16,17). The van der Waals surface area contributed by atoms with Crippen LogP contribution in [-0.2, 0) is 4.79 Å². The second kappa shape index (κ2) is 6.39. The van der Waals surface area contributed by atoms with E-state index in [-0.39, 0.29) is 5.91 Å². The molecule has 17 heavy (non-hydrogen) atoms. The van der Waals surface area contributed by atoms with Crippen molar-refractivity contribution in [3.63, 3.8) is 0 Å². The van der Waals surface area contributed by atoms with Gasteiger partial charge in [0, 0.05) is 12.1 Å². The molecule has 0 spiro atoms. The van der Waals surface area contributed by atoms with Gasteiger partial charge in [0.15, 0.2) is 0 Å². The normalized spacial score (nSPS) is 24.6. The summed E-state index contributed by atoms with van der Waals surface area (Å²) in [7, 11) is 0. The second-order valence-corrected chi connectivity index (χ2v) is 6.07. The fourth-order valence-electron chi connectivity index (χ4n) is 2.75. The van der Waals surface area contributed by atoms with Crippen LogP contribution in [0.5, 0.6) is 0 Å². The van der Waals surface area contributed by atoms with Gasteiger partial charge in [-0.05, 0) is 31.6 Å². The zero-order chi connectivity index (χ0) is 12.9. The van der Waals surface area contributed by atoms with Crippen molar-refractivity contribution >= 4 is 5.91 Å². The Kier molecular flexibility index (Phi) is 5.44. The second-order valence-electron chi connectivity index (χ2n) is 6.07. The molecule has 0 saturated heterocycles. The van der Waals surface area contributed by atoms with Crippen LogP contribution in [0.3, 0.4) is 0 Å². The van der Waals surface area contributed by atoms with Crippen molar-refractivity contribution in [1.82, 2.24) is 10.6 Å². The molecule has 0 radical (unpaired) electrons. The molecule has 0 heterocycles. The summed E-state index contributed by atoms with van der Waals surface area (Å²) in [5, 5.41) is 6.44. The highest BCUT2D eigenvalue weighted by Gasteiger charge is 2.34. The summed E-state index contributed by atoms with van der Waals surface area (Å²) in [6.07, 6.45) is 5.91. The van der Waals surface area contributed by atoms with Crippen LogP contribution < -0.4 is 10.6 Å². The van der Waals surface area contributed by atoms with Crippen molar-refractivity contribution in [3.8, 4) is 0 Å². The molecule has 1 aliphatic carbocycles. The van der Waals surface area contributed by atoms with Gasteiger partial charge in [0.05, 0.1) is 6.54 Å². The predicted octanol–water partition coefficient (Wildman–Crippen LogP) is 2.46. The summed E-state index contributed by atoms with van der Waals surface area (Å²) in [5.74, 6) is 0.133. The Morgan fingerprint density at radius 1 is 1.47 bits per heavy atom. The van der Waals surface area contributed by atoms with E-state index in [0.717, 1.165) is 12.8 Å². The van der Waals surface area contributed by atoms with E-state index < -0.39 is 0 Å². The molecular formula is C14H28N2O. The van der Waals surface area contributed by atoms with Crippen molar-refractivity contribution in [2.45, 2.75) is 71.9 Å². The minimum Gasteiger partial charge on any atom is -0.353 e. The summed E-state index contributed by atoms with van der Waals surface area (Å²) in [6.45, 7) is 9.25. The zero-order valence-corrected chi connectivity index (χ0v) is 11.8. The minimum absolute atomic E-state index is 0.133. The van der Waals surface area contributed by atoms with E-state index in [1.807, 2.05) is 0 Å². The molecule has 3 nitrogen and oxygen atoms in total. The fourth-order valence-corrected chi connectivity index (χ4v) is 2.75. The molecule has 1 saturated carbocycles. The third kappa shape index (κ3) is 4.66. The Morgan fingerprint density at radius 2 is 2.18 bits per heavy atom. The maximum absolute atomic E-state index is 11.7. The predicted molar refractivity (Wildman–Crippen MR) is 71.9 cm³/mol. The van der Waals surface area contributed by atoms with Gasteiger partial charge in [0.2, 0.25) is 5.91 Å². The van der Waals surface area contributed by atoms with Crippen LogP contribution in [0.4, 0.5) is 0 Å². The summed E-state index contributed by atoms with van der Waals surface area (Å²) in [6, 6.07) is 0.792. The number of amides is 1. The van der Waals surface area contributed by atoms with Crippen LogP contribution in [0.1, 0.15) is 59.8 Å². The Balaban J connectivity index is 2.24. The highest BCUT2D eigenvalue weighted by atomic mass is 16.1. The van der Waals surface area contributed by atoms with Crippen LogP contribution in [0.15, 0.2) is 0 Å². The molecule has 0 aromatic rings. The van der Waals surface area contributed by atoms with Gasteiger partial charge in [-0.2, -0.15) is 0 Å². The number of rotatable bonds is 6. The first-order valence-corrected chi connectivity index (χ1v) is 6.98. The van der Waals surface area contributed by atoms with Gasteiger partial charge in [-0.3, -0.25) is 4.79 Å². The smallest absolute Gasteiger partial charge is 0.234 e. The van der Waals surface area contributed by atoms with Gasteiger partial charge in [-0.1, -0.05) is 33.6 Å². The van der Waals surface area contributed by atoms with Crippen molar-refractivity contribution in [1.29, 1.82) is 0 Å². The van der Waals surface area contributed by atoms with E-state index in [2.05, 4.69) is 38.3 Å². The van der Waals surface area contributed by atoms with Gasteiger partial charge in [-0.25, -0.2) is 0 Å². The Labute approximate surface area is 106 Å². The zero-order valence-electron chi connectivity index (χ0n) is 11.8. The van der Waals surface area contributed by atoms with Crippen LogP contribution in [0.25, 0.3) is 0 Å². The van der Waals surface area contributed by atoms with Gasteiger partial charge >= 0.3 is 0 Å². The monoisotopic (exact) mass is 240 g/mol. The highest BCUT2D eigenvalue weighted by molar-refractivity contribution is 5.78. The highest BCUT2D eigenvalue weighted by Crippen LogP contribution is 2.36. The topological polar surface area (TPSA) is 41.1 Å². The van der Waals surface area contributed by atoms with Crippen LogP contribution in [-0.4, -0.2) is 24.5 Å². The van der Waals surface area contributed by atoms with Crippen molar-refractivity contribution < 1.29 is 4.79 Å². The summed E-state index contributed by atoms with van der Waals surface area (Å²) >= 11 is 0. The molecule has 0 aliphatic heterocycles. The lowest BCUT2D eigenvalue weighted by Gasteiger charge is -2.28. The average Bonchev–Trinajstić information content (AvgIpc) is 2.55. The Hall–Kier alpha value is -0.570. The van der Waals surface area contributed by atoms with Crippen LogP contribution in [0.2, 0.25) is 0 Å². The number of carbonyl (C=O) groups is 1. The van der Waals surface area contributed by atoms with Crippen molar-refractivity contribution in [2.75, 3.05) is 6.54 Å². The first-order chi connectivity index (χ1) is 7.95. The molecule has 0 aromatic heterocycles. The number of hydrogen-bond acceptors (Lipinski definition) is 2. The molecule has 2 N–H and O–H groups in total. The SMILES string of the molecule is CCCC(C)NC(=O)CNC1CCCC1(C)C. The molecular weight excluding hydrogens is 212 g/mol. The van der Waals surface area contributed by atoms with Gasteiger partial charge in [0.1, 0.15) is 0 Å². The van der Waals surface area contributed by atoms with Crippen molar-refractivity contribution in [2.24, 2.45) is 5.41 Å². The largest absolute Gasteiger partial charge is 0.353 e. The molecule has 2 atom stereocenters. The number of nitrogens with one attached hydrogen (secondary N) is 2. The molecule has 1 amide bonds. The molecule has 1 rings (SSSR count). The maximum atomic E-state index is 11.7. The first-order valence-electron chi connectivity index (χ1n) is 6.98. The van der Waals surface area contributed by atoms with Crippen molar-refractivity contribution in [3.05, 3.63) is 0 Å². The van der Waals surface area contributed by atoms with E-state index in [0.29, 0.717) is 24.0 Å². The van der Waals surface area contributed by atoms with Gasteiger partial charge < -0.3 is 10.6 Å². The lowest BCUT2D eigenvalue weighted by Crippen LogP contribution is -2.45. The molecule has 2 unspecified atom stereocenters. The van der Waals surface area contributed by atoms with E-state index in [4.69, 9.17) is 0 Å². The average molecular weight is 240 g/mol. The number of hydrogen-bond donors (Lipinski definition) is 2. The third-order valence-corrected chi connectivity index (χ3v) is 3.90. The van der Waals surface area contributed by atoms with Gasteiger partial charge in [0.25, 0.3) is 0 Å². The fraction of sp³-hybridized carbons (Fsp3) is 0.929. The third-order valence-electron chi connectivity index (χ3n) is 3.90. The lowest BCUT2D eigenvalue weighted by molar-refractivity contribution is -0.121. The molecule has 0 bridgehead atoms. The summed E-state index contributed by atoms with van der Waals surface area (Å²) in [4.78, 5) is 11.7. The summed E-state index contributed by atoms with van der Waals surface area (Å²) in [5.41, 5.74) is 0.343. The van der Waals surface area contributed by atoms with E-state index in [9.17, 15) is 4.79 Å². The molecule has 0 aromatic carbocycles. The van der Waals surface area contributed by atoms with E-state index in [1.54, 1.807) is 0 Å². The first kappa shape index (κ1) is 14.5. The number of carbonyl (C=O) groups excluding carboxylic acids is 1. The Bertz CT molecular complexity index is 251. The van der Waals surface area contributed by atoms with Crippen LogP contribution >= 0.6 is 0 Å². The summed E-state index contributed by atoms with van der Waals surface area (Å²) < 4.78 is 0. The van der Waals surface area contributed by atoms with E-state index in [1.165, 1.54) is 19.3 Å².